The molecule has 0 atom stereocenters. The van der Waals surface area contributed by atoms with Crippen LogP contribution < -0.4 is 19.5 Å². The number of nitriles is 1. The SMILES string of the molecule is C#CCOc1ccc(/C=C/C(=O)Nc2ccccc2C#N)c(OC2CN(C)C2)c1OC. The van der Waals surface area contributed by atoms with Crippen molar-refractivity contribution in [1.82, 2.24) is 4.90 Å². The van der Waals surface area contributed by atoms with Crippen LogP contribution in [0.3, 0.4) is 0 Å². The molecule has 7 heteroatoms. The number of terminal acetylenes is 1. The number of hydrogen-bond acceptors (Lipinski definition) is 6. The number of carbonyl (C=O) groups is 1. The molecule has 0 saturated carbocycles. The Kier molecular flexibility index (Phi) is 7.16. The molecule has 0 radical (unpaired) electrons. The number of likely N-dealkylation sites (tertiary alicyclic amines) is 1. The molecule has 1 aliphatic heterocycles. The maximum Gasteiger partial charge on any atom is 0.248 e. The van der Waals surface area contributed by atoms with Crippen LogP contribution in [-0.4, -0.2) is 50.8 Å². The molecule has 0 aromatic heterocycles. The van der Waals surface area contributed by atoms with Gasteiger partial charge >= 0.3 is 0 Å². The number of hydrogen-bond donors (Lipinski definition) is 1. The summed E-state index contributed by atoms with van der Waals surface area (Å²) >= 11 is 0. The first kappa shape index (κ1) is 21.8. The molecule has 2 aromatic rings. The van der Waals surface area contributed by atoms with Crippen LogP contribution in [0.15, 0.2) is 42.5 Å². The number of nitrogens with one attached hydrogen (secondary N) is 1. The van der Waals surface area contributed by atoms with Gasteiger partial charge in [-0.05, 0) is 37.4 Å². The van der Waals surface area contributed by atoms with E-state index in [9.17, 15) is 10.1 Å². The minimum Gasteiger partial charge on any atom is -0.490 e. The number of nitrogens with zero attached hydrogens (tertiary/aromatic N) is 2. The monoisotopic (exact) mass is 417 g/mol. The molecule has 1 fully saturated rings. The van der Waals surface area contributed by atoms with Crippen LogP contribution in [0.5, 0.6) is 17.2 Å². The number of benzene rings is 2. The molecule has 158 valence electrons. The lowest BCUT2D eigenvalue weighted by molar-refractivity contribution is -0.111. The minimum absolute atomic E-state index is 0.00488. The normalized spacial score (nSPS) is 13.7. The molecular weight excluding hydrogens is 394 g/mol. The summed E-state index contributed by atoms with van der Waals surface area (Å²) in [6, 6.07) is 12.4. The van der Waals surface area contributed by atoms with Crippen molar-refractivity contribution < 1.29 is 19.0 Å². The Morgan fingerprint density at radius 2 is 2.06 bits per heavy atom. The molecule has 1 heterocycles. The number of rotatable bonds is 8. The summed E-state index contributed by atoms with van der Waals surface area (Å²) in [4.78, 5) is 14.6. The summed E-state index contributed by atoms with van der Waals surface area (Å²) in [5.74, 6) is 3.42. The Morgan fingerprint density at radius 1 is 1.29 bits per heavy atom. The first-order valence-corrected chi connectivity index (χ1v) is 9.66. The molecule has 31 heavy (non-hydrogen) atoms. The Hall–Kier alpha value is -3.94. The second-order valence-electron chi connectivity index (χ2n) is 6.95. The number of amides is 1. The zero-order valence-corrected chi connectivity index (χ0v) is 17.4. The van der Waals surface area contributed by atoms with Crippen LogP contribution >= 0.6 is 0 Å². The maximum atomic E-state index is 12.4. The van der Waals surface area contributed by atoms with Crippen molar-refractivity contribution in [3.63, 3.8) is 0 Å². The molecule has 0 bridgehead atoms. The maximum absolute atomic E-state index is 12.4. The molecule has 2 aromatic carbocycles. The third-order valence-corrected chi connectivity index (χ3v) is 4.66. The van der Waals surface area contributed by atoms with E-state index in [1.807, 2.05) is 7.05 Å². The summed E-state index contributed by atoms with van der Waals surface area (Å²) in [6.45, 7) is 1.66. The van der Waals surface area contributed by atoms with Gasteiger partial charge in [-0.1, -0.05) is 18.1 Å². The largest absolute Gasteiger partial charge is 0.490 e. The number of ether oxygens (including phenoxy) is 3. The van der Waals surface area contributed by atoms with Crippen molar-refractivity contribution in [3.8, 4) is 35.7 Å². The average Bonchev–Trinajstić information content (AvgIpc) is 2.76. The molecule has 1 saturated heterocycles. The van der Waals surface area contributed by atoms with Crippen LogP contribution in [0.25, 0.3) is 6.08 Å². The standard InChI is InChI=1S/C24H23N3O4/c1-4-13-30-21-11-9-17(23(24(21)29-3)31-19-15-27(2)16-19)10-12-22(28)26-20-8-6-5-7-18(20)14-25/h1,5-12,19H,13,15-16H2,2-3H3,(H,26,28)/b12-10+. The van der Waals surface area contributed by atoms with Crippen LogP contribution in [-0.2, 0) is 4.79 Å². The summed E-state index contributed by atoms with van der Waals surface area (Å²) in [5, 5.41) is 11.9. The highest BCUT2D eigenvalue weighted by atomic mass is 16.5. The lowest BCUT2D eigenvalue weighted by Crippen LogP contribution is -2.51. The van der Waals surface area contributed by atoms with E-state index < -0.39 is 0 Å². The van der Waals surface area contributed by atoms with E-state index in [4.69, 9.17) is 20.6 Å². The van der Waals surface area contributed by atoms with Crippen molar-refractivity contribution in [2.45, 2.75) is 6.10 Å². The Morgan fingerprint density at radius 3 is 2.74 bits per heavy atom. The first-order valence-electron chi connectivity index (χ1n) is 9.66. The van der Waals surface area contributed by atoms with Crippen molar-refractivity contribution in [1.29, 1.82) is 5.26 Å². The minimum atomic E-state index is -0.372. The topological polar surface area (TPSA) is 83.8 Å². The van der Waals surface area contributed by atoms with Gasteiger partial charge in [0.1, 0.15) is 18.8 Å². The van der Waals surface area contributed by atoms with Gasteiger partial charge in [-0.3, -0.25) is 9.69 Å². The second kappa shape index (κ2) is 10.2. The zero-order chi connectivity index (χ0) is 22.2. The molecule has 1 amide bonds. The molecule has 0 unspecified atom stereocenters. The Bertz CT molecular complexity index is 1060. The van der Waals surface area contributed by atoms with E-state index in [0.717, 1.165) is 13.1 Å². The molecular formula is C24H23N3O4. The first-order chi connectivity index (χ1) is 15.0. The Balaban J connectivity index is 1.85. The van der Waals surface area contributed by atoms with E-state index in [1.165, 1.54) is 13.2 Å². The van der Waals surface area contributed by atoms with E-state index in [0.29, 0.717) is 34.1 Å². The Labute approximate surface area is 181 Å². The van der Waals surface area contributed by atoms with Crippen molar-refractivity contribution in [2.24, 2.45) is 0 Å². The number of para-hydroxylation sites is 1. The summed E-state index contributed by atoms with van der Waals surface area (Å²) < 4.78 is 17.3. The molecule has 0 spiro atoms. The van der Waals surface area contributed by atoms with Crippen LogP contribution in [0.2, 0.25) is 0 Å². The highest BCUT2D eigenvalue weighted by Gasteiger charge is 2.28. The van der Waals surface area contributed by atoms with Crippen molar-refractivity contribution in [3.05, 3.63) is 53.6 Å². The molecule has 1 aliphatic rings. The quantitative estimate of drug-likeness (QED) is 0.525. The van der Waals surface area contributed by atoms with Gasteiger partial charge in [-0.2, -0.15) is 5.26 Å². The number of carbonyl (C=O) groups excluding carboxylic acids is 1. The number of methoxy groups -OCH3 is 1. The third-order valence-electron chi connectivity index (χ3n) is 4.66. The van der Waals surface area contributed by atoms with Gasteiger partial charge in [0.25, 0.3) is 0 Å². The summed E-state index contributed by atoms with van der Waals surface area (Å²) in [7, 11) is 3.53. The van der Waals surface area contributed by atoms with Gasteiger partial charge < -0.3 is 19.5 Å². The van der Waals surface area contributed by atoms with E-state index in [-0.39, 0.29) is 18.6 Å². The van der Waals surface area contributed by atoms with E-state index >= 15 is 0 Å². The summed E-state index contributed by atoms with van der Waals surface area (Å²) in [5.41, 5.74) is 1.49. The van der Waals surface area contributed by atoms with Gasteiger partial charge in [0.2, 0.25) is 11.7 Å². The fourth-order valence-corrected chi connectivity index (χ4v) is 3.15. The second-order valence-corrected chi connectivity index (χ2v) is 6.95. The van der Waals surface area contributed by atoms with Crippen LogP contribution in [0.1, 0.15) is 11.1 Å². The highest BCUT2D eigenvalue weighted by Crippen LogP contribution is 2.41. The third kappa shape index (κ3) is 5.36. The summed E-state index contributed by atoms with van der Waals surface area (Å²) in [6.07, 6.45) is 8.32. The van der Waals surface area contributed by atoms with Gasteiger partial charge in [0.15, 0.2) is 11.5 Å². The van der Waals surface area contributed by atoms with Gasteiger partial charge in [-0.25, -0.2) is 0 Å². The van der Waals surface area contributed by atoms with Crippen LogP contribution in [0, 0.1) is 23.7 Å². The number of likely N-dealkylation sites (N-methyl/N-ethyl adjacent to an activating group) is 1. The van der Waals surface area contributed by atoms with Gasteiger partial charge in [0.05, 0.1) is 18.4 Å². The molecule has 3 rings (SSSR count). The molecule has 7 nitrogen and oxygen atoms in total. The molecule has 1 N–H and O–H groups in total. The van der Waals surface area contributed by atoms with Crippen molar-refractivity contribution in [2.75, 3.05) is 39.2 Å². The smallest absolute Gasteiger partial charge is 0.248 e. The van der Waals surface area contributed by atoms with Gasteiger partial charge in [0, 0.05) is 24.7 Å². The lowest BCUT2D eigenvalue weighted by Gasteiger charge is -2.36. The zero-order valence-electron chi connectivity index (χ0n) is 17.4. The fourth-order valence-electron chi connectivity index (χ4n) is 3.15. The molecule has 0 aliphatic carbocycles. The van der Waals surface area contributed by atoms with Crippen molar-refractivity contribution >= 4 is 17.7 Å². The lowest BCUT2D eigenvalue weighted by atomic mass is 10.1. The highest BCUT2D eigenvalue weighted by molar-refractivity contribution is 6.02. The van der Waals surface area contributed by atoms with E-state index in [2.05, 4.69) is 22.2 Å². The predicted molar refractivity (Wildman–Crippen MR) is 118 cm³/mol. The fraction of sp³-hybridized carbons (Fsp3) is 0.250. The van der Waals surface area contributed by atoms with Gasteiger partial charge in [-0.15, -0.1) is 6.42 Å². The predicted octanol–water partition coefficient (Wildman–Crippen LogP) is 2.92. The average molecular weight is 417 g/mol. The van der Waals surface area contributed by atoms with E-state index in [1.54, 1.807) is 42.5 Å². The number of anilines is 1. The van der Waals surface area contributed by atoms with Crippen LogP contribution in [0.4, 0.5) is 5.69 Å².